The molecule has 0 fully saturated rings. The monoisotopic (exact) mass is 374 g/mol. The molecular formula is C25H30OSi. The summed E-state index contributed by atoms with van der Waals surface area (Å²) >= 11 is 0. The topological polar surface area (TPSA) is 9.23 Å². The van der Waals surface area contributed by atoms with E-state index < -0.39 is 8.32 Å². The molecular weight excluding hydrogens is 344 g/mol. The van der Waals surface area contributed by atoms with Crippen LogP contribution in [0.1, 0.15) is 40.5 Å². The SMILES string of the molecule is C#CCC(CC#CC)CO[Si](c1ccccc1)(c1ccccc1)C(C)(C)C. The van der Waals surface area contributed by atoms with Crippen LogP contribution in [0.4, 0.5) is 0 Å². The maximum absolute atomic E-state index is 6.95. The predicted molar refractivity (Wildman–Crippen MR) is 119 cm³/mol. The van der Waals surface area contributed by atoms with Crippen LogP contribution < -0.4 is 10.4 Å². The van der Waals surface area contributed by atoms with Crippen LogP contribution in [0, 0.1) is 30.1 Å². The third kappa shape index (κ3) is 4.92. The molecule has 0 aromatic heterocycles. The van der Waals surface area contributed by atoms with Crippen molar-refractivity contribution in [2.24, 2.45) is 5.92 Å². The maximum atomic E-state index is 6.95. The molecule has 1 atom stereocenters. The summed E-state index contributed by atoms with van der Waals surface area (Å²) < 4.78 is 6.95. The van der Waals surface area contributed by atoms with Crippen molar-refractivity contribution in [1.29, 1.82) is 0 Å². The van der Waals surface area contributed by atoms with Gasteiger partial charge in [-0.2, -0.15) is 0 Å². The molecule has 0 amide bonds. The molecule has 27 heavy (non-hydrogen) atoms. The summed E-state index contributed by atoms with van der Waals surface area (Å²) in [6.07, 6.45) is 7.07. The molecule has 0 saturated carbocycles. The first-order chi connectivity index (χ1) is 13.0. The van der Waals surface area contributed by atoms with Crippen LogP contribution in [0.25, 0.3) is 0 Å². The smallest absolute Gasteiger partial charge is 0.261 e. The third-order valence-electron chi connectivity index (χ3n) is 4.93. The van der Waals surface area contributed by atoms with Gasteiger partial charge < -0.3 is 4.43 Å². The molecule has 0 radical (unpaired) electrons. The Balaban J connectivity index is 2.51. The van der Waals surface area contributed by atoms with Crippen molar-refractivity contribution < 1.29 is 4.43 Å². The van der Waals surface area contributed by atoms with E-state index in [1.54, 1.807) is 0 Å². The molecule has 0 saturated heterocycles. The van der Waals surface area contributed by atoms with Crippen LogP contribution in [-0.4, -0.2) is 14.9 Å². The molecule has 0 aliphatic carbocycles. The van der Waals surface area contributed by atoms with E-state index in [4.69, 9.17) is 10.8 Å². The third-order valence-corrected chi connectivity index (χ3v) is 9.93. The van der Waals surface area contributed by atoms with Gasteiger partial charge in [-0.1, -0.05) is 81.4 Å². The van der Waals surface area contributed by atoms with Crippen molar-refractivity contribution in [2.45, 2.75) is 45.6 Å². The van der Waals surface area contributed by atoms with Gasteiger partial charge in [0.15, 0.2) is 0 Å². The highest BCUT2D eigenvalue weighted by Gasteiger charge is 2.50. The molecule has 2 aromatic rings. The Morgan fingerprint density at radius 3 is 1.85 bits per heavy atom. The van der Waals surface area contributed by atoms with Gasteiger partial charge in [0, 0.05) is 25.4 Å². The predicted octanol–water partition coefficient (Wildman–Crippen LogP) is 4.62. The Morgan fingerprint density at radius 2 is 1.44 bits per heavy atom. The fourth-order valence-corrected chi connectivity index (χ4v) is 8.25. The van der Waals surface area contributed by atoms with Crippen molar-refractivity contribution >= 4 is 18.7 Å². The lowest BCUT2D eigenvalue weighted by Crippen LogP contribution is -2.66. The first kappa shape index (κ1) is 21.0. The van der Waals surface area contributed by atoms with Crippen LogP contribution >= 0.6 is 0 Å². The second kappa shape index (κ2) is 9.61. The van der Waals surface area contributed by atoms with Gasteiger partial charge >= 0.3 is 0 Å². The van der Waals surface area contributed by atoms with E-state index in [1.165, 1.54) is 10.4 Å². The van der Waals surface area contributed by atoms with E-state index in [9.17, 15) is 0 Å². The number of rotatable bonds is 7. The molecule has 0 heterocycles. The molecule has 0 aliphatic heterocycles. The highest BCUT2D eigenvalue weighted by Crippen LogP contribution is 2.37. The summed E-state index contributed by atoms with van der Waals surface area (Å²) in [5, 5.41) is 2.57. The van der Waals surface area contributed by atoms with E-state index in [0.717, 1.165) is 6.42 Å². The Labute approximate surface area is 166 Å². The highest BCUT2D eigenvalue weighted by atomic mass is 28.4. The molecule has 2 heteroatoms. The molecule has 0 aliphatic rings. The van der Waals surface area contributed by atoms with Crippen molar-refractivity contribution in [1.82, 2.24) is 0 Å². The van der Waals surface area contributed by atoms with Gasteiger partial charge in [-0.3, -0.25) is 0 Å². The lowest BCUT2D eigenvalue weighted by atomic mass is 10.0. The van der Waals surface area contributed by atoms with Crippen LogP contribution in [0.5, 0.6) is 0 Å². The van der Waals surface area contributed by atoms with Crippen LogP contribution in [-0.2, 0) is 4.43 Å². The molecule has 1 nitrogen and oxygen atoms in total. The average Bonchev–Trinajstić information content (AvgIpc) is 2.67. The minimum Gasteiger partial charge on any atom is -0.407 e. The van der Waals surface area contributed by atoms with Crippen LogP contribution in [0.2, 0.25) is 5.04 Å². The fourth-order valence-electron chi connectivity index (χ4n) is 3.61. The maximum Gasteiger partial charge on any atom is 0.261 e. The molecule has 0 bridgehead atoms. The summed E-state index contributed by atoms with van der Waals surface area (Å²) in [4.78, 5) is 0. The average molecular weight is 375 g/mol. The zero-order chi connectivity index (χ0) is 19.8. The number of terminal acetylenes is 1. The van der Waals surface area contributed by atoms with E-state index in [-0.39, 0.29) is 11.0 Å². The van der Waals surface area contributed by atoms with Gasteiger partial charge in [0.1, 0.15) is 0 Å². The van der Waals surface area contributed by atoms with Crippen molar-refractivity contribution in [2.75, 3.05) is 6.61 Å². The Hall–Kier alpha value is -2.26. The van der Waals surface area contributed by atoms with Gasteiger partial charge in [0.25, 0.3) is 8.32 Å². The number of hydrogen-bond donors (Lipinski definition) is 0. The fraction of sp³-hybridized carbons (Fsp3) is 0.360. The molecule has 2 aromatic carbocycles. The molecule has 140 valence electrons. The van der Waals surface area contributed by atoms with E-state index >= 15 is 0 Å². The first-order valence-corrected chi connectivity index (χ1v) is 11.4. The summed E-state index contributed by atoms with van der Waals surface area (Å²) in [5.74, 6) is 9.21. The largest absolute Gasteiger partial charge is 0.407 e. The number of hydrogen-bond acceptors (Lipinski definition) is 1. The van der Waals surface area contributed by atoms with E-state index in [2.05, 4.69) is 99.2 Å². The van der Waals surface area contributed by atoms with Gasteiger partial charge in [-0.15, -0.1) is 24.2 Å². The normalized spacial score (nSPS) is 12.6. The Kier molecular flexibility index (Phi) is 7.49. The van der Waals surface area contributed by atoms with Crippen LogP contribution in [0.3, 0.4) is 0 Å². The number of benzene rings is 2. The van der Waals surface area contributed by atoms with Gasteiger partial charge in [0.2, 0.25) is 0 Å². The van der Waals surface area contributed by atoms with Crippen molar-refractivity contribution in [3.63, 3.8) is 0 Å². The molecule has 0 N–H and O–H groups in total. The van der Waals surface area contributed by atoms with Gasteiger partial charge in [-0.05, 0) is 22.3 Å². The van der Waals surface area contributed by atoms with Crippen LogP contribution in [0.15, 0.2) is 60.7 Å². The van der Waals surface area contributed by atoms with Crippen molar-refractivity contribution in [3.05, 3.63) is 60.7 Å². The quantitative estimate of drug-likeness (QED) is 0.508. The van der Waals surface area contributed by atoms with E-state index in [1.807, 2.05) is 6.92 Å². The summed E-state index contributed by atoms with van der Waals surface area (Å²) in [6, 6.07) is 21.4. The minimum absolute atomic E-state index is 0.0210. The lowest BCUT2D eigenvalue weighted by Gasteiger charge is -2.43. The minimum atomic E-state index is -2.50. The molecule has 2 rings (SSSR count). The van der Waals surface area contributed by atoms with Gasteiger partial charge in [0.05, 0.1) is 0 Å². The summed E-state index contributed by atoms with van der Waals surface area (Å²) in [7, 11) is -2.50. The van der Waals surface area contributed by atoms with Crippen molar-refractivity contribution in [3.8, 4) is 24.2 Å². The summed E-state index contributed by atoms with van der Waals surface area (Å²) in [6.45, 7) is 9.38. The molecule has 1 unspecified atom stereocenters. The first-order valence-electron chi connectivity index (χ1n) is 9.53. The van der Waals surface area contributed by atoms with Gasteiger partial charge in [-0.25, -0.2) is 0 Å². The zero-order valence-electron chi connectivity index (χ0n) is 17.0. The second-order valence-electron chi connectivity index (χ2n) is 7.88. The lowest BCUT2D eigenvalue weighted by molar-refractivity contribution is 0.239. The zero-order valence-corrected chi connectivity index (χ0v) is 18.0. The Morgan fingerprint density at radius 1 is 0.926 bits per heavy atom. The molecule has 0 spiro atoms. The van der Waals surface area contributed by atoms with E-state index in [0.29, 0.717) is 13.0 Å². The standard InChI is InChI=1S/C25H30OSi/c1-6-8-16-22(15-7-2)21-26-27(25(3,4)5,23-17-11-9-12-18-23)24-19-13-10-14-20-24/h2,9-14,17-20,22H,15-16,21H2,1,3-5H3. The Bertz CT molecular complexity index is 761. The summed E-state index contributed by atoms with van der Waals surface area (Å²) in [5.41, 5.74) is 0. The highest BCUT2D eigenvalue weighted by molar-refractivity contribution is 6.99. The second-order valence-corrected chi connectivity index (χ2v) is 12.2.